The number of ether oxygens (including phenoxy) is 2. The van der Waals surface area contributed by atoms with Gasteiger partial charge in [-0.1, -0.05) is 18.2 Å². The van der Waals surface area contributed by atoms with Gasteiger partial charge in [0.1, 0.15) is 28.6 Å². The Hall–Kier alpha value is -3.73. The lowest BCUT2D eigenvalue weighted by Gasteiger charge is -2.49. The number of thioether (sulfide) groups is 1. The van der Waals surface area contributed by atoms with Crippen molar-refractivity contribution in [2.75, 3.05) is 19.5 Å². The van der Waals surface area contributed by atoms with E-state index in [0.717, 1.165) is 0 Å². The molecule has 2 amide bonds. The van der Waals surface area contributed by atoms with Crippen LogP contribution < -0.4 is 10.1 Å². The topological polar surface area (TPSA) is 135 Å². The number of nitrogens with zero attached hydrogens (tertiary/aromatic N) is 1. The molecule has 0 radical (unpaired) electrons. The number of fused-ring (bicyclic) bond motifs is 1. The lowest BCUT2D eigenvalue weighted by molar-refractivity contribution is -0.151. The largest absolute Gasteiger partial charge is 0.484 e. The van der Waals surface area contributed by atoms with Gasteiger partial charge in [-0.15, -0.1) is 11.8 Å². The summed E-state index contributed by atoms with van der Waals surface area (Å²) in [7, 11) is 1.23. The molecular formula is C22H20N2O8S. The third kappa shape index (κ3) is 4.58. The summed E-state index contributed by atoms with van der Waals surface area (Å²) in [6, 6.07) is 10.9. The molecule has 1 saturated heterocycles. The lowest BCUT2D eigenvalue weighted by Crippen LogP contribution is -2.70. The van der Waals surface area contributed by atoms with E-state index >= 15 is 0 Å². The zero-order valence-corrected chi connectivity index (χ0v) is 18.3. The standard InChI is InChI=1S/C22H20N2O8S/c1-30-22(29)15-8-7-14(32-15)9-12-11-33-20-17(19(26)24(20)18(12)21(27)28)23-16(25)10-31-13-5-3-2-4-6-13/h2-8,17,20H,9-11H2,1H3,(H,23,25)(H,27,28)/t17-,20+/m1/s1. The Morgan fingerprint density at radius 3 is 2.67 bits per heavy atom. The molecule has 1 aromatic carbocycles. The maximum absolute atomic E-state index is 12.7. The second-order valence-electron chi connectivity index (χ2n) is 7.25. The van der Waals surface area contributed by atoms with E-state index in [2.05, 4.69) is 10.1 Å². The minimum atomic E-state index is -1.25. The van der Waals surface area contributed by atoms with E-state index in [-0.39, 0.29) is 24.5 Å². The first kappa shape index (κ1) is 22.5. The molecule has 1 aromatic heterocycles. The van der Waals surface area contributed by atoms with Crippen LogP contribution in [0.15, 0.2) is 58.2 Å². The number of rotatable bonds is 8. The molecule has 3 heterocycles. The SMILES string of the molecule is COC(=O)c1ccc(CC2=C(C(=O)O)N3C(=O)[C@@H](NC(=O)COc4ccccc4)[C@@H]3SC2)o1. The van der Waals surface area contributed by atoms with Gasteiger partial charge in [-0.05, 0) is 29.8 Å². The van der Waals surface area contributed by atoms with E-state index in [4.69, 9.17) is 9.15 Å². The molecule has 2 aliphatic heterocycles. The number of carbonyl (C=O) groups is 4. The molecule has 0 unspecified atom stereocenters. The Morgan fingerprint density at radius 1 is 1.21 bits per heavy atom. The van der Waals surface area contributed by atoms with Crippen LogP contribution >= 0.6 is 11.8 Å². The summed E-state index contributed by atoms with van der Waals surface area (Å²) < 4.78 is 15.4. The fraction of sp³-hybridized carbons (Fsp3) is 0.273. The van der Waals surface area contributed by atoms with Gasteiger partial charge in [0.2, 0.25) is 5.76 Å². The van der Waals surface area contributed by atoms with Gasteiger partial charge in [0, 0.05) is 12.2 Å². The van der Waals surface area contributed by atoms with Crippen molar-refractivity contribution < 1.29 is 38.2 Å². The number of para-hydroxylation sites is 1. The molecule has 11 heteroatoms. The highest BCUT2D eigenvalue weighted by Gasteiger charge is 2.54. The monoisotopic (exact) mass is 472 g/mol. The normalized spacial score (nSPS) is 19.4. The van der Waals surface area contributed by atoms with E-state index in [1.165, 1.54) is 29.8 Å². The second-order valence-corrected chi connectivity index (χ2v) is 8.35. The van der Waals surface area contributed by atoms with E-state index in [9.17, 15) is 24.3 Å². The van der Waals surface area contributed by atoms with Crippen molar-refractivity contribution in [2.45, 2.75) is 17.8 Å². The third-order valence-corrected chi connectivity index (χ3v) is 6.45. The van der Waals surface area contributed by atoms with Crippen LogP contribution in [-0.2, 0) is 25.5 Å². The maximum atomic E-state index is 12.7. The minimum absolute atomic E-state index is 0.00633. The molecule has 1 fully saturated rings. The molecule has 10 nitrogen and oxygen atoms in total. The molecule has 0 spiro atoms. The van der Waals surface area contributed by atoms with Crippen molar-refractivity contribution in [3.05, 3.63) is 65.3 Å². The number of hydrogen-bond donors (Lipinski definition) is 2. The molecular weight excluding hydrogens is 452 g/mol. The quantitative estimate of drug-likeness (QED) is 0.432. The highest BCUT2D eigenvalue weighted by Crippen LogP contribution is 2.41. The van der Waals surface area contributed by atoms with Gasteiger partial charge in [0.25, 0.3) is 11.8 Å². The van der Waals surface area contributed by atoms with Gasteiger partial charge in [-0.2, -0.15) is 0 Å². The lowest BCUT2D eigenvalue weighted by atomic mass is 10.0. The van der Waals surface area contributed by atoms with E-state index in [1.807, 2.05) is 6.07 Å². The van der Waals surface area contributed by atoms with Gasteiger partial charge in [-0.25, -0.2) is 9.59 Å². The fourth-order valence-electron chi connectivity index (χ4n) is 3.59. The average Bonchev–Trinajstić information content (AvgIpc) is 3.29. The number of carboxylic acids is 1. The summed E-state index contributed by atoms with van der Waals surface area (Å²) in [4.78, 5) is 49.7. The van der Waals surface area contributed by atoms with Crippen LogP contribution in [0.3, 0.4) is 0 Å². The number of hydrogen-bond acceptors (Lipinski definition) is 8. The van der Waals surface area contributed by atoms with Crippen molar-refractivity contribution in [1.82, 2.24) is 10.2 Å². The van der Waals surface area contributed by atoms with Crippen LogP contribution in [0.4, 0.5) is 0 Å². The number of β-lactam (4-membered cyclic amide) rings is 1. The molecule has 2 N–H and O–H groups in total. The molecule has 2 atom stereocenters. The number of carbonyl (C=O) groups excluding carboxylic acids is 3. The molecule has 172 valence electrons. The number of nitrogens with one attached hydrogen (secondary N) is 1. The van der Waals surface area contributed by atoms with Gasteiger partial charge in [0.15, 0.2) is 6.61 Å². The number of amides is 2. The average molecular weight is 472 g/mol. The fourth-order valence-corrected chi connectivity index (χ4v) is 4.94. The highest BCUT2D eigenvalue weighted by molar-refractivity contribution is 8.00. The Labute approximate surface area is 192 Å². The van der Waals surface area contributed by atoms with Gasteiger partial charge in [0.05, 0.1) is 7.11 Å². The zero-order chi connectivity index (χ0) is 23.5. The summed E-state index contributed by atoms with van der Waals surface area (Å²) in [5, 5.41) is 11.9. The summed E-state index contributed by atoms with van der Waals surface area (Å²) in [5.74, 6) is -1.65. The third-order valence-electron chi connectivity index (χ3n) is 5.12. The van der Waals surface area contributed by atoms with Crippen LogP contribution in [0.2, 0.25) is 0 Å². The Kier molecular flexibility index (Phi) is 6.40. The van der Waals surface area contributed by atoms with Gasteiger partial charge < -0.3 is 24.3 Å². The molecule has 0 bridgehead atoms. The van der Waals surface area contributed by atoms with Crippen molar-refractivity contribution in [3.63, 3.8) is 0 Å². The number of esters is 1. The second kappa shape index (κ2) is 9.41. The summed E-state index contributed by atoms with van der Waals surface area (Å²) in [6.07, 6.45) is 0.115. The van der Waals surface area contributed by atoms with Crippen LogP contribution in [0, 0.1) is 0 Å². The Morgan fingerprint density at radius 2 is 1.97 bits per heavy atom. The van der Waals surface area contributed by atoms with Crippen molar-refractivity contribution in [3.8, 4) is 5.75 Å². The van der Waals surface area contributed by atoms with Gasteiger partial charge >= 0.3 is 11.9 Å². The highest BCUT2D eigenvalue weighted by atomic mass is 32.2. The first-order valence-electron chi connectivity index (χ1n) is 9.93. The van der Waals surface area contributed by atoms with Crippen LogP contribution in [-0.4, -0.2) is 64.6 Å². The zero-order valence-electron chi connectivity index (χ0n) is 17.5. The summed E-state index contributed by atoms with van der Waals surface area (Å²) in [6.45, 7) is -0.265. The first-order valence-corrected chi connectivity index (χ1v) is 11.0. The first-order chi connectivity index (χ1) is 15.9. The molecule has 2 aromatic rings. The maximum Gasteiger partial charge on any atom is 0.373 e. The summed E-state index contributed by atoms with van der Waals surface area (Å²) in [5.41, 5.74) is 0.339. The molecule has 0 aliphatic carbocycles. The number of benzene rings is 1. The van der Waals surface area contributed by atoms with E-state index < -0.39 is 35.2 Å². The number of aliphatic carboxylic acids is 1. The van der Waals surface area contributed by atoms with Crippen molar-refractivity contribution >= 4 is 35.5 Å². The summed E-state index contributed by atoms with van der Waals surface area (Å²) >= 11 is 1.34. The predicted molar refractivity (Wildman–Crippen MR) is 115 cm³/mol. The van der Waals surface area contributed by atoms with Crippen LogP contribution in [0.25, 0.3) is 0 Å². The Bertz CT molecular complexity index is 1130. The van der Waals surface area contributed by atoms with Crippen molar-refractivity contribution in [2.24, 2.45) is 0 Å². The van der Waals surface area contributed by atoms with E-state index in [1.54, 1.807) is 30.3 Å². The number of furan rings is 1. The molecule has 0 saturated carbocycles. The predicted octanol–water partition coefficient (Wildman–Crippen LogP) is 1.43. The number of carboxylic acid groups (broad SMARTS) is 1. The number of methoxy groups -OCH3 is 1. The Balaban J connectivity index is 1.42. The van der Waals surface area contributed by atoms with Gasteiger partial charge in [-0.3, -0.25) is 14.5 Å². The van der Waals surface area contributed by atoms with Crippen molar-refractivity contribution in [1.29, 1.82) is 0 Å². The van der Waals surface area contributed by atoms with Crippen LogP contribution in [0.1, 0.15) is 16.3 Å². The molecule has 33 heavy (non-hydrogen) atoms. The molecule has 2 aliphatic rings. The van der Waals surface area contributed by atoms with E-state index in [0.29, 0.717) is 22.8 Å². The smallest absolute Gasteiger partial charge is 0.373 e. The minimum Gasteiger partial charge on any atom is -0.484 e. The van der Waals surface area contributed by atoms with Crippen LogP contribution in [0.5, 0.6) is 5.75 Å². The molecule has 4 rings (SSSR count).